The molecule has 0 saturated carbocycles. The monoisotopic (exact) mass is 456 g/mol. The highest BCUT2D eigenvalue weighted by atomic mass is 35.5. The Bertz CT molecular complexity index is 1190. The van der Waals surface area contributed by atoms with Crippen molar-refractivity contribution in [2.75, 3.05) is 5.32 Å². The van der Waals surface area contributed by atoms with Crippen molar-refractivity contribution in [2.45, 2.75) is 23.9 Å². The van der Waals surface area contributed by atoms with E-state index in [4.69, 9.17) is 16.1 Å². The van der Waals surface area contributed by atoms with Crippen molar-refractivity contribution < 1.29 is 9.32 Å². The summed E-state index contributed by atoms with van der Waals surface area (Å²) in [5.74, 6) is 0.839. The van der Waals surface area contributed by atoms with Gasteiger partial charge in [0.15, 0.2) is 10.1 Å². The van der Waals surface area contributed by atoms with Gasteiger partial charge in [-0.05, 0) is 49.2 Å². The highest BCUT2D eigenvalue weighted by molar-refractivity contribution is 8.00. The summed E-state index contributed by atoms with van der Waals surface area (Å²) >= 11 is 8.87. The number of rotatable bonds is 6. The largest absolute Gasteiger partial charge is 0.355 e. The summed E-state index contributed by atoms with van der Waals surface area (Å²) in [5, 5.41) is 16.0. The number of amides is 1. The first-order chi connectivity index (χ1) is 14.5. The summed E-state index contributed by atoms with van der Waals surface area (Å²) in [6.07, 6.45) is 0. The van der Waals surface area contributed by atoms with Crippen molar-refractivity contribution in [3.63, 3.8) is 0 Å². The SMILES string of the molecule is Cc1ccccc1CSc1nnc(NC(=O)c2c(C)noc2-c2ccc(Cl)cc2)s1. The van der Waals surface area contributed by atoms with Gasteiger partial charge >= 0.3 is 0 Å². The molecule has 152 valence electrons. The average Bonchev–Trinajstić information content (AvgIpc) is 3.34. The lowest BCUT2D eigenvalue weighted by atomic mass is 10.1. The lowest BCUT2D eigenvalue weighted by Crippen LogP contribution is -2.13. The summed E-state index contributed by atoms with van der Waals surface area (Å²) in [7, 11) is 0. The molecule has 2 aromatic carbocycles. The molecule has 0 saturated heterocycles. The molecule has 1 N–H and O–H groups in total. The molecule has 0 aliphatic heterocycles. The Kier molecular flexibility index (Phi) is 6.17. The van der Waals surface area contributed by atoms with E-state index in [1.807, 2.05) is 12.1 Å². The maximum absolute atomic E-state index is 12.9. The van der Waals surface area contributed by atoms with Crippen LogP contribution in [-0.2, 0) is 5.75 Å². The van der Waals surface area contributed by atoms with Gasteiger partial charge in [-0.15, -0.1) is 10.2 Å². The molecular formula is C21H17ClN4O2S2. The van der Waals surface area contributed by atoms with E-state index in [1.54, 1.807) is 43.0 Å². The maximum Gasteiger partial charge on any atom is 0.263 e. The molecule has 4 rings (SSSR count). The third kappa shape index (κ3) is 4.56. The van der Waals surface area contributed by atoms with Gasteiger partial charge in [-0.3, -0.25) is 10.1 Å². The number of aryl methyl sites for hydroxylation is 2. The highest BCUT2D eigenvalue weighted by Crippen LogP contribution is 2.31. The summed E-state index contributed by atoms with van der Waals surface area (Å²) in [5.41, 5.74) is 4.06. The summed E-state index contributed by atoms with van der Waals surface area (Å²) in [6, 6.07) is 15.3. The van der Waals surface area contributed by atoms with E-state index in [-0.39, 0.29) is 5.91 Å². The second-order valence-corrected chi connectivity index (χ2v) is 9.16. The number of benzene rings is 2. The van der Waals surface area contributed by atoms with E-state index in [9.17, 15) is 4.79 Å². The van der Waals surface area contributed by atoms with Gasteiger partial charge in [-0.1, -0.05) is 64.1 Å². The van der Waals surface area contributed by atoms with Crippen LogP contribution >= 0.6 is 34.7 Å². The van der Waals surface area contributed by atoms with Crippen LogP contribution in [0.3, 0.4) is 0 Å². The second-order valence-electron chi connectivity index (χ2n) is 6.52. The van der Waals surface area contributed by atoms with Crippen molar-refractivity contribution in [1.82, 2.24) is 15.4 Å². The number of hydrogen-bond donors (Lipinski definition) is 1. The van der Waals surface area contributed by atoms with Crippen molar-refractivity contribution in [3.05, 3.63) is 75.9 Å². The van der Waals surface area contributed by atoms with Gasteiger partial charge in [0.1, 0.15) is 5.56 Å². The molecule has 0 fully saturated rings. The fraction of sp³-hybridized carbons (Fsp3) is 0.143. The number of nitrogens with one attached hydrogen (secondary N) is 1. The molecule has 2 heterocycles. The zero-order valence-corrected chi connectivity index (χ0v) is 18.6. The smallest absolute Gasteiger partial charge is 0.263 e. The van der Waals surface area contributed by atoms with Crippen LogP contribution in [0.15, 0.2) is 57.4 Å². The van der Waals surface area contributed by atoms with Crippen LogP contribution in [0.2, 0.25) is 5.02 Å². The summed E-state index contributed by atoms with van der Waals surface area (Å²) in [4.78, 5) is 12.9. The van der Waals surface area contributed by atoms with E-state index in [2.05, 4.69) is 39.7 Å². The number of nitrogens with zero attached hydrogens (tertiary/aromatic N) is 3. The first-order valence-electron chi connectivity index (χ1n) is 9.05. The Morgan fingerprint density at radius 2 is 1.90 bits per heavy atom. The zero-order valence-electron chi connectivity index (χ0n) is 16.2. The minimum atomic E-state index is -0.342. The van der Waals surface area contributed by atoms with Crippen molar-refractivity contribution in [1.29, 1.82) is 0 Å². The second kappa shape index (κ2) is 8.99. The van der Waals surface area contributed by atoms with E-state index in [1.165, 1.54) is 22.5 Å². The molecule has 0 aliphatic rings. The Morgan fingerprint density at radius 1 is 1.13 bits per heavy atom. The third-order valence-corrected chi connectivity index (χ3v) is 6.71. The van der Waals surface area contributed by atoms with Crippen LogP contribution in [0.5, 0.6) is 0 Å². The van der Waals surface area contributed by atoms with Crippen LogP contribution in [0.25, 0.3) is 11.3 Å². The van der Waals surface area contributed by atoms with E-state index >= 15 is 0 Å². The molecule has 6 nitrogen and oxygen atoms in total. The van der Waals surface area contributed by atoms with Gasteiger partial charge in [-0.2, -0.15) is 0 Å². The molecular weight excluding hydrogens is 440 g/mol. The van der Waals surface area contributed by atoms with Crippen LogP contribution in [0.1, 0.15) is 27.2 Å². The minimum Gasteiger partial charge on any atom is -0.355 e. The number of thioether (sulfide) groups is 1. The Morgan fingerprint density at radius 3 is 2.67 bits per heavy atom. The lowest BCUT2D eigenvalue weighted by Gasteiger charge is -2.03. The zero-order chi connectivity index (χ0) is 21.1. The first kappa shape index (κ1) is 20.6. The molecule has 4 aromatic rings. The third-order valence-electron chi connectivity index (χ3n) is 4.44. The molecule has 0 spiro atoms. The Balaban J connectivity index is 1.47. The molecule has 0 unspecified atom stereocenters. The molecule has 0 bridgehead atoms. The molecule has 1 amide bonds. The number of carbonyl (C=O) groups is 1. The van der Waals surface area contributed by atoms with Crippen LogP contribution in [-0.4, -0.2) is 21.3 Å². The molecule has 30 heavy (non-hydrogen) atoms. The topological polar surface area (TPSA) is 80.9 Å². The van der Waals surface area contributed by atoms with Crippen LogP contribution in [0, 0.1) is 13.8 Å². The van der Waals surface area contributed by atoms with Gasteiger partial charge in [-0.25, -0.2) is 0 Å². The van der Waals surface area contributed by atoms with Gasteiger partial charge in [0, 0.05) is 16.3 Å². The number of halogens is 1. The normalized spacial score (nSPS) is 10.9. The van der Waals surface area contributed by atoms with E-state index < -0.39 is 0 Å². The van der Waals surface area contributed by atoms with Crippen molar-refractivity contribution >= 4 is 45.7 Å². The average molecular weight is 457 g/mol. The summed E-state index contributed by atoms with van der Waals surface area (Å²) in [6.45, 7) is 3.81. The fourth-order valence-electron chi connectivity index (χ4n) is 2.83. The lowest BCUT2D eigenvalue weighted by molar-refractivity contribution is 0.102. The number of aromatic nitrogens is 3. The summed E-state index contributed by atoms with van der Waals surface area (Å²) < 4.78 is 6.18. The quantitative estimate of drug-likeness (QED) is 0.282. The molecule has 2 aromatic heterocycles. The van der Waals surface area contributed by atoms with Gasteiger partial charge in [0.25, 0.3) is 5.91 Å². The molecule has 0 radical (unpaired) electrons. The maximum atomic E-state index is 12.9. The molecule has 0 aliphatic carbocycles. The van der Waals surface area contributed by atoms with Crippen LogP contribution in [0.4, 0.5) is 5.13 Å². The highest BCUT2D eigenvalue weighted by Gasteiger charge is 2.23. The van der Waals surface area contributed by atoms with Gasteiger partial charge < -0.3 is 4.52 Å². The molecule has 9 heteroatoms. The predicted molar refractivity (Wildman–Crippen MR) is 120 cm³/mol. The number of hydrogen-bond acceptors (Lipinski definition) is 7. The number of anilines is 1. The van der Waals surface area contributed by atoms with E-state index in [0.717, 1.165) is 15.7 Å². The Labute approximate surface area is 186 Å². The van der Waals surface area contributed by atoms with E-state index in [0.29, 0.717) is 27.2 Å². The minimum absolute atomic E-state index is 0.342. The first-order valence-corrected chi connectivity index (χ1v) is 11.2. The predicted octanol–water partition coefficient (Wildman–Crippen LogP) is 6.01. The van der Waals surface area contributed by atoms with Gasteiger partial charge in [0.05, 0.1) is 5.69 Å². The fourth-order valence-corrected chi connectivity index (χ4v) is 4.77. The van der Waals surface area contributed by atoms with Crippen LogP contribution < -0.4 is 5.32 Å². The Hall–Kier alpha value is -2.68. The van der Waals surface area contributed by atoms with Crippen molar-refractivity contribution in [2.24, 2.45) is 0 Å². The number of carbonyl (C=O) groups excluding carboxylic acids is 1. The standard InChI is InChI=1S/C21H17ClN4O2S2/c1-12-5-3-4-6-15(12)11-29-21-25-24-20(30-21)23-19(27)17-13(2)26-28-18(17)14-7-9-16(22)10-8-14/h3-10H,11H2,1-2H3,(H,23,24,27). The molecule has 0 atom stereocenters. The van der Waals surface area contributed by atoms with Gasteiger partial charge in [0.2, 0.25) is 5.13 Å². The van der Waals surface area contributed by atoms with Crippen molar-refractivity contribution in [3.8, 4) is 11.3 Å².